The van der Waals surface area contributed by atoms with Crippen LogP contribution >= 0.6 is 0 Å². The molecule has 8 nitrogen and oxygen atoms in total. The molecule has 1 aromatic rings. The molecule has 0 bridgehead atoms. The number of piperidine rings is 2. The van der Waals surface area contributed by atoms with Gasteiger partial charge in [-0.25, -0.2) is 17.7 Å². The molecule has 1 aromatic heterocycles. The first-order chi connectivity index (χ1) is 12.7. The molecular formula is C18H28N4O4S. The van der Waals surface area contributed by atoms with Crippen molar-refractivity contribution in [2.45, 2.75) is 45.6 Å². The van der Waals surface area contributed by atoms with Crippen molar-refractivity contribution in [3.63, 3.8) is 0 Å². The van der Waals surface area contributed by atoms with Crippen LogP contribution in [-0.4, -0.2) is 72.0 Å². The van der Waals surface area contributed by atoms with E-state index in [0.717, 1.165) is 25.1 Å². The van der Waals surface area contributed by atoms with Crippen LogP contribution in [0, 0.1) is 19.8 Å². The second kappa shape index (κ2) is 8.10. The van der Waals surface area contributed by atoms with E-state index in [4.69, 9.17) is 4.74 Å². The largest absolute Gasteiger partial charge is 0.472 e. The van der Waals surface area contributed by atoms with Gasteiger partial charge in [0.15, 0.2) is 0 Å². The Morgan fingerprint density at radius 1 is 1.15 bits per heavy atom. The van der Waals surface area contributed by atoms with Gasteiger partial charge in [0.05, 0.1) is 12.8 Å². The molecule has 9 heteroatoms. The van der Waals surface area contributed by atoms with Gasteiger partial charge in [-0.15, -0.1) is 0 Å². The Hall–Kier alpha value is -1.74. The molecule has 1 atom stereocenters. The SMILES string of the molecule is Cc1cc(O[C@@H]2CCCN(C(=O)C3CCN(S(C)(=O)=O)CC3)C2)nc(C)n1. The maximum Gasteiger partial charge on any atom is 0.225 e. The summed E-state index contributed by atoms with van der Waals surface area (Å²) in [5, 5.41) is 0. The molecule has 0 aliphatic carbocycles. The lowest BCUT2D eigenvalue weighted by Crippen LogP contribution is -2.49. The lowest BCUT2D eigenvalue weighted by Gasteiger charge is -2.37. The van der Waals surface area contributed by atoms with Crippen molar-refractivity contribution in [3.05, 3.63) is 17.6 Å². The van der Waals surface area contributed by atoms with Gasteiger partial charge in [-0.3, -0.25) is 4.79 Å². The van der Waals surface area contributed by atoms with E-state index in [0.29, 0.717) is 44.2 Å². The third kappa shape index (κ3) is 5.16. The van der Waals surface area contributed by atoms with E-state index in [2.05, 4.69) is 9.97 Å². The normalized spacial score (nSPS) is 22.6. The van der Waals surface area contributed by atoms with Crippen molar-refractivity contribution < 1.29 is 17.9 Å². The van der Waals surface area contributed by atoms with Crippen LogP contribution < -0.4 is 4.74 Å². The molecule has 3 heterocycles. The second-order valence-corrected chi connectivity index (χ2v) is 9.48. The van der Waals surface area contributed by atoms with E-state index in [1.165, 1.54) is 10.6 Å². The molecule has 0 aromatic carbocycles. The van der Waals surface area contributed by atoms with Crippen LogP contribution in [0.1, 0.15) is 37.2 Å². The van der Waals surface area contributed by atoms with Gasteiger partial charge in [0, 0.05) is 37.3 Å². The van der Waals surface area contributed by atoms with Crippen molar-refractivity contribution in [2.24, 2.45) is 5.92 Å². The maximum absolute atomic E-state index is 12.9. The fourth-order valence-corrected chi connectivity index (χ4v) is 4.72. The average Bonchev–Trinajstić information content (AvgIpc) is 2.60. The van der Waals surface area contributed by atoms with Gasteiger partial charge < -0.3 is 9.64 Å². The van der Waals surface area contributed by atoms with E-state index < -0.39 is 10.0 Å². The smallest absolute Gasteiger partial charge is 0.225 e. The summed E-state index contributed by atoms with van der Waals surface area (Å²) in [6.07, 6.45) is 4.09. The molecule has 0 saturated carbocycles. The first-order valence-electron chi connectivity index (χ1n) is 9.45. The van der Waals surface area contributed by atoms with Gasteiger partial charge in [-0.05, 0) is 39.5 Å². The van der Waals surface area contributed by atoms with E-state index in [1.807, 2.05) is 24.8 Å². The zero-order chi connectivity index (χ0) is 19.6. The van der Waals surface area contributed by atoms with Gasteiger partial charge in [-0.1, -0.05) is 0 Å². The molecule has 0 N–H and O–H groups in total. The summed E-state index contributed by atoms with van der Waals surface area (Å²) in [5.41, 5.74) is 0.860. The summed E-state index contributed by atoms with van der Waals surface area (Å²) in [7, 11) is -3.17. The molecule has 0 unspecified atom stereocenters. The summed E-state index contributed by atoms with van der Waals surface area (Å²) in [6, 6.07) is 1.81. The molecule has 1 amide bonds. The molecule has 2 aliphatic rings. The van der Waals surface area contributed by atoms with Crippen LogP contribution in [0.4, 0.5) is 0 Å². The fraction of sp³-hybridized carbons (Fsp3) is 0.722. The number of aryl methyl sites for hydroxylation is 2. The summed E-state index contributed by atoms with van der Waals surface area (Å²) < 4.78 is 30.7. The zero-order valence-corrected chi connectivity index (χ0v) is 17.0. The number of carbonyl (C=O) groups is 1. The Kier molecular flexibility index (Phi) is 6.00. The Labute approximate surface area is 161 Å². The van der Waals surface area contributed by atoms with Crippen molar-refractivity contribution in [3.8, 4) is 5.88 Å². The Bertz CT molecular complexity index is 770. The molecule has 27 heavy (non-hydrogen) atoms. The predicted octanol–water partition coefficient (Wildman–Crippen LogP) is 1.13. The number of sulfonamides is 1. The third-order valence-corrected chi connectivity index (χ3v) is 6.50. The van der Waals surface area contributed by atoms with Gasteiger partial charge in [0.1, 0.15) is 11.9 Å². The molecule has 2 fully saturated rings. The number of nitrogens with zero attached hydrogens (tertiary/aromatic N) is 4. The van der Waals surface area contributed by atoms with Gasteiger partial charge >= 0.3 is 0 Å². The molecule has 2 saturated heterocycles. The highest BCUT2D eigenvalue weighted by Crippen LogP contribution is 2.24. The van der Waals surface area contributed by atoms with Crippen LogP contribution in [0.5, 0.6) is 5.88 Å². The number of carbonyl (C=O) groups excluding carboxylic acids is 1. The zero-order valence-electron chi connectivity index (χ0n) is 16.2. The highest BCUT2D eigenvalue weighted by atomic mass is 32.2. The monoisotopic (exact) mass is 396 g/mol. The first kappa shape index (κ1) is 20.0. The average molecular weight is 397 g/mol. The third-order valence-electron chi connectivity index (χ3n) is 5.19. The minimum absolute atomic E-state index is 0.0764. The summed E-state index contributed by atoms with van der Waals surface area (Å²) >= 11 is 0. The number of likely N-dealkylation sites (tertiary alicyclic amines) is 1. The van der Waals surface area contributed by atoms with E-state index in [-0.39, 0.29) is 17.9 Å². The number of amides is 1. The predicted molar refractivity (Wildman–Crippen MR) is 101 cm³/mol. The standard InChI is InChI=1S/C18H28N4O4S/c1-13-11-17(20-14(2)19-13)26-16-5-4-8-21(12-16)18(23)15-6-9-22(10-7-15)27(3,24)25/h11,15-16H,4-10,12H2,1-3H3/t16-/m1/s1. The minimum Gasteiger partial charge on any atom is -0.472 e. The topological polar surface area (TPSA) is 92.7 Å². The Balaban J connectivity index is 1.57. The van der Waals surface area contributed by atoms with Crippen molar-refractivity contribution in [1.82, 2.24) is 19.2 Å². The Morgan fingerprint density at radius 2 is 1.85 bits per heavy atom. The Morgan fingerprint density at radius 3 is 2.48 bits per heavy atom. The van der Waals surface area contributed by atoms with Crippen molar-refractivity contribution >= 4 is 15.9 Å². The van der Waals surface area contributed by atoms with E-state index in [1.54, 1.807) is 0 Å². The van der Waals surface area contributed by atoms with Crippen LogP contribution in [0.15, 0.2) is 6.07 Å². The molecule has 3 rings (SSSR count). The van der Waals surface area contributed by atoms with Gasteiger partial charge in [0.25, 0.3) is 0 Å². The first-order valence-corrected chi connectivity index (χ1v) is 11.3. The molecule has 2 aliphatic heterocycles. The van der Waals surface area contributed by atoms with Crippen LogP contribution in [-0.2, 0) is 14.8 Å². The van der Waals surface area contributed by atoms with E-state index >= 15 is 0 Å². The second-order valence-electron chi connectivity index (χ2n) is 7.50. The summed E-state index contributed by atoms with van der Waals surface area (Å²) in [4.78, 5) is 23.3. The number of rotatable bonds is 4. The highest BCUT2D eigenvalue weighted by Gasteiger charge is 2.33. The lowest BCUT2D eigenvalue weighted by molar-refractivity contribution is -0.139. The van der Waals surface area contributed by atoms with E-state index in [9.17, 15) is 13.2 Å². The minimum atomic E-state index is -3.17. The lowest BCUT2D eigenvalue weighted by atomic mass is 9.95. The van der Waals surface area contributed by atoms with Crippen LogP contribution in [0.2, 0.25) is 0 Å². The summed E-state index contributed by atoms with van der Waals surface area (Å²) in [6.45, 7) is 5.85. The fourth-order valence-electron chi connectivity index (χ4n) is 3.84. The number of ether oxygens (including phenoxy) is 1. The van der Waals surface area contributed by atoms with Gasteiger partial charge in [-0.2, -0.15) is 4.98 Å². The maximum atomic E-state index is 12.9. The van der Waals surface area contributed by atoms with Crippen molar-refractivity contribution in [2.75, 3.05) is 32.4 Å². The number of aromatic nitrogens is 2. The van der Waals surface area contributed by atoms with Gasteiger partial charge in [0.2, 0.25) is 21.8 Å². The molecule has 150 valence electrons. The molecular weight excluding hydrogens is 368 g/mol. The number of hydrogen-bond donors (Lipinski definition) is 0. The molecule has 0 spiro atoms. The summed E-state index contributed by atoms with van der Waals surface area (Å²) in [5.74, 6) is 1.24. The quantitative estimate of drug-likeness (QED) is 0.758. The molecule has 0 radical (unpaired) electrons. The number of hydrogen-bond acceptors (Lipinski definition) is 6. The van der Waals surface area contributed by atoms with Crippen molar-refractivity contribution in [1.29, 1.82) is 0 Å². The van der Waals surface area contributed by atoms with Crippen LogP contribution in [0.3, 0.4) is 0 Å². The van der Waals surface area contributed by atoms with Crippen LogP contribution in [0.25, 0.3) is 0 Å². The highest BCUT2D eigenvalue weighted by molar-refractivity contribution is 7.88.